The lowest BCUT2D eigenvalue weighted by Gasteiger charge is -2.09. The molecule has 3 aromatic carbocycles. The highest BCUT2D eigenvalue weighted by Crippen LogP contribution is 2.28. The van der Waals surface area contributed by atoms with Crippen molar-refractivity contribution in [3.63, 3.8) is 0 Å². The van der Waals surface area contributed by atoms with E-state index < -0.39 is 0 Å². The summed E-state index contributed by atoms with van der Waals surface area (Å²) in [7, 11) is 0. The molecule has 33 heavy (non-hydrogen) atoms. The van der Waals surface area contributed by atoms with Gasteiger partial charge in [0.25, 0.3) is 5.91 Å². The molecular weight excluding hydrogens is 570 g/mol. The first-order valence-corrected chi connectivity index (χ1v) is 12.1. The molecule has 0 bridgehead atoms. The fourth-order valence-corrected chi connectivity index (χ4v) is 4.27. The first kappa shape index (κ1) is 23.5. The van der Waals surface area contributed by atoms with Crippen molar-refractivity contribution in [2.75, 3.05) is 5.32 Å². The van der Waals surface area contributed by atoms with E-state index in [4.69, 9.17) is 16.3 Å². The van der Waals surface area contributed by atoms with Gasteiger partial charge in [-0.05, 0) is 64.3 Å². The summed E-state index contributed by atoms with van der Waals surface area (Å²) < 4.78 is 9.18. The van der Waals surface area contributed by atoms with E-state index in [1.165, 1.54) is 5.56 Å². The zero-order valence-corrected chi connectivity index (χ0v) is 21.6. The SMILES string of the molecule is Cc1ccc(Cn2cc(Br)c(NC(=O)c3ccc(COc4ccc(Br)cc4Cl)cc3)n2)cc1. The first-order chi connectivity index (χ1) is 15.9. The second kappa shape index (κ2) is 10.5. The van der Waals surface area contributed by atoms with Crippen molar-refractivity contribution in [2.45, 2.75) is 20.1 Å². The van der Waals surface area contributed by atoms with E-state index in [0.29, 0.717) is 35.3 Å². The monoisotopic (exact) mass is 587 g/mol. The summed E-state index contributed by atoms with van der Waals surface area (Å²) >= 11 is 13.0. The Labute approximate surface area is 214 Å². The predicted molar refractivity (Wildman–Crippen MR) is 138 cm³/mol. The molecule has 0 spiro atoms. The Morgan fingerprint density at radius 1 is 1.03 bits per heavy atom. The van der Waals surface area contributed by atoms with Crippen LogP contribution in [0, 0.1) is 6.92 Å². The number of aryl methyl sites for hydroxylation is 1. The van der Waals surface area contributed by atoms with Crippen LogP contribution in [0.25, 0.3) is 0 Å². The number of ether oxygens (including phenoxy) is 1. The first-order valence-electron chi connectivity index (χ1n) is 10.1. The van der Waals surface area contributed by atoms with Gasteiger partial charge >= 0.3 is 0 Å². The van der Waals surface area contributed by atoms with E-state index in [-0.39, 0.29) is 5.91 Å². The van der Waals surface area contributed by atoms with Crippen LogP contribution in [0.1, 0.15) is 27.0 Å². The van der Waals surface area contributed by atoms with Crippen LogP contribution in [0.5, 0.6) is 5.75 Å². The molecule has 0 fully saturated rings. The second-order valence-electron chi connectivity index (χ2n) is 7.52. The summed E-state index contributed by atoms with van der Waals surface area (Å²) in [6, 6.07) is 21.0. The normalized spacial score (nSPS) is 10.8. The minimum absolute atomic E-state index is 0.236. The molecule has 0 unspecified atom stereocenters. The lowest BCUT2D eigenvalue weighted by atomic mass is 10.1. The molecule has 1 aromatic heterocycles. The molecule has 0 radical (unpaired) electrons. The highest BCUT2D eigenvalue weighted by atomic mass is 79.9. The third-order valence-corrected chi connectivity index (χ3v) is 6.29. The smallest absolute Gasteiger partial charge is 0.256 e. The molecule has 0 saturated carbocycles. The number of rotatable bonds is 7. The number of benzene rings is 3. The van der Waals surface area contributed by atoms with Crippen LogP contribution >= 0.6 is 43.5 Å². The van der Waals surface area contributed by atoms with Crippen molar-refractivity contribution in [2.24, 2.45) is 0 Å². The summed E-state index contributed by atoms with van der Waals surface area (Å²) in [6.45, 7) is 3.02. The Hall–Kier alpha value is -2.61. The second-order valence-corrected chi connectivity index (χ2v) is 9.70. The van der Waals surface area contributed by atoms with Crippen molar-refractivity contribution in [1.29, 1.82) is 0 Å². The highest BCUT2D eigenvalue weighted by Gasteiger charge is 2.13. The van der Waals surface area contributed by atoms with Gasteiger partial charge in [-0.25, -0.2) is 0 Å². The zero-order chi connectivity index (χ0) is 23.4. The van der Waals surface area contributed by atoms with Crippen molar-refractivity contribution >= 4 is 55.2 Å². The molecule has 5 nitrogen and oxygen atoms in total. The molecule has 0 atom stereocenters. The maximum atomic E-state index is 12.7. The molecular formula is C25H20Br2ClN3O2. The fourth-order valence-electron chi connectivity index (χ4n) is 3.13. The summed E-state index contributed by atoms with van der Waals surface area (Å²) in [4.78, 5) is 12.7. The van der Waals surface area contributed by atoms with Crippen molar-refractivity contribution in [3.05, 3.63) is 109 Å². The van der Waals surface area contributed by atoms with Crippen LogP contribution in [0.3, 0.4) is 0 Å². The summed E-state index contributed by atoms with van der Waals surface area (Å²) in [5, 5.41) is 7.89. The maximum Gasteiger partial charge on any atom is 0.256 e. The average Bonchev–Trinajstić information content (AvgIpc) is 3.13. The van der Waals surface area contributed by atoms with Gasteiger partial charge in [-0.3, -0.25) is 9.48 Å². The van der Waals surface area contributed by atoms with Crippen LogP contribution in [-0.2, 0) is 13.2 Å². The number of nitrogens with zero attached hydrogens (tertiary/aromatic N) is 2. The van der Waals surface area contributed by atoms with Crippen molar-refractivity contribution < 1.29 is 9.53 Å². The molecule has 4 rings (SSSR count). The van der Waals surface area contributed by atoms with Crippen molar-refractivity contribution in [3.8, 4) is 5.75 Å². The molecule has 168 valence electrons. The molecule has 0 aliphatic heterocycles. The van der Waals surface area contributed by atoms with Gasteiger partial charge in [-0.2, -0.15) is 5.10 Å². The van der Waals surface area contributed by atoms with Crippen molar-refractivity contribution in [1.82, 2.24) is 9.78 Å². The number of carbonyl (C=O) groups is 1. The van der Waals surface area contributed by atoms with Gasteiger partial charge in [-0.15, -0.1) is 0 Å². The lowest BCUT2D eigenvalue weighted by molar-refractivity contribution is 0.102. The zero-order valence-electron chi connectivity index (χ0n) is 17.7. The molecule has 1 N–H and O–H groups in total. The van der Waals surface area contributed by atoms with Gasteiger partial charge in [-0.1, -0.05) is 69.5 Å². The Bertz CT molecular complexity index is 1270. The Kier molecular flexibility index (Phi) is 7.53. The van der Waals surface area contributed by atoms with Gasteiger partial charge in [0, 0.05) is 16.2 Å². The third kappa shape index (κ3) is 6.25. The quantitative estimate of drug-likeness (QED) is 0.247. The molecule has 4 aromatic rings. The van der Waals surface area contributed by atoms with Gasteiger partial charge in [0.2, 0.25) is 0 Å². The van der Waals surface area contributed by atoms with Crippen LogP contribution < -0.4 is 10.1 Å². The maximum absolute atomic E-state index is 12.7. The molecule has 0 aliphatic rings. The number of hydrogen-bond donors (Lipinski definition) is 1. The summed E-state index contributed by atoms with van der Waals surface area (Å²) in [5.74, 6) is 0.844. The number of nitrogens with one attached hydrogen (secondary N) is 1. The minimum Gasteiger partial charge on any atom is -0.487 e. The van der Waals surface area contributed by atoms with E-state index in [1.54, 1.807) is 22.9 Å². The lowest BCUT2D eigenvalue weighted by Crippen LogP contribution is -2.13. The van der Waals surface area contributed by atoms with Crippen LogP contribution in [0.2, 0.25) is 5.02 Å². The molecule has 0 aliphatic carbocycles. The van der Waals surface area contributed by atoms with Gasteiger partial charge in [0.05, 0.1) is 16.0 Å². The van der Waals surface area contributed by atoms with E-state index >= 15 is 0 Å². The minimum atomic E-state index is -0.236. The van der Waals surface area contributed by atoms with Gasteiger partial charge < -0.3 is 10.1 Å². The largest absolute Gasteiger partial charge is 0.487 e. The molecule has 8 heteroatoms. The van der Waals surface area contributed by atoms with Gasteiger partial charge in [0.15, 0.2) is 5.82 Å². The average molecular weight is 590 g/mol. The Morgan fingerprint density at radius 3 is 2.42 bits per heavy atom. The molecule has 1 heterocycles. The predicted octanol–water partition coefficient (Wildman–Crippen LogP) is 7.25. The Balaban J connectivity index is 1.36. The van der Waals surface area contributed by atoms with E-state index in [0.717, 1.165) is 20.1 Å². The van der Waals surface area contributed by atoms with E-state index in [2.05, 4.69) is 73.5 Å². The molecule has 1 amide bonds. The third-order valence-electron chi connectivity index (χ3n) is 4.92. The standard InChI is InChI=1S/C25H20Br2ClN3O2/c1-16-2-4-17(5-3-16)13-31-14-21(27)24(30-31)29-25(32)19-8-6-18(7-9-19)15-33-23-11-10-20(26)12-22(23)28/h2-12,14H,13,15H2,1H3,(H,29,30,32). The van der Waals surface area contributed by atoms with Crippen LogP contribution in [-0.4, -0.2) is 15.7 Å². The molecule has 0 saturated heterocycles. The summed E-state index contributed by atoms with van der Waals surface area (Å²) in [5.41, 5.74) is 3.80. The Morgan fingerprint density at radius 2 is 1.73 bits per heavy atom. The van der Waals surface area contributed by atoms with E-state index in [1.807, 2.05) is 30.5 Å². The topological polar surface area (TPSA) is 56.2 Å². The number of aromatic nitrogens is 2. The van der Waals surface area contributed by atoms with Gasteiger partial charge in [0.1, 0.15) is 12.4 Å². The number of amides is 1. The van der Waals surface area contributed by atoms with Crippen LogP contribution in [0.4, 0.5) is 5.82 Å². The van der Waals surface area contributed by atoms with Crippen LogP contribution in [0.15, 0.2) is 81.9 Å². The van der Waals surface area contributed by atoms with E-state index in [9.17, 15) is 4.79 Å². The number of halogens is 3. The summed E-state index contributed by atoms with van der Waals surface area (Å²) in [6.07, 6.45) is 1.85. The number of anilines is 1. The fraction of sp³-hybridized carbons (Fsp3) is 0.120. The number of hydrogen-bond acceptors (Lipinski definition) is 3. The highest BCUT2D eigenvalue weighted by molar-refractivity contribution is 9.10. The number of carbonyl (C=O) groups excluding carboxylic acids is 1.